The Morgan fingerprint density at radius 1 is 1.33 bits per heavy atom. The van der Waals surface area contributed by atoms with Crippen LogP contribution in [0.25, 0.3) is 16.8 Å². The summed E-state index contributed by atoms with van der Waals surface area (Å²) in [5.74, 6) is 1.91. The van der Waals surface area contributed by atoms with E-state index < -0.39 is 6.09 Å². The minimum atomic E-state index is -0.490. The number of hydrogen-bond acceptors (Lipinski definition) is 6. The van der Waals surface area contributed by atoms with Crippen molar-refractivity contribution in [1.29, 1.82) is 0 Å². The number of nitrogens with zero attached hydrogens (tertiary/aromatic N) is 3. The van der Waals surface area contributed by atoms with Crippen LogP contribution in [-0.2, 0) is 9.47 Å². The zero-order chi connectivity index (χ0) is 23.4. The summed E-state index contributed by atoms with van der Waals surface area (Å²) < 4.78 is 18.7. The lowest BCUT2D eigenvalue weighted by atomic mass is 9.99. The smallest absolute Gasteiger partial charge is 0.412 e. The number of imidazole rings is 1. The number of hydrogen-bond donors (Lipinski definition) is 1. The second-order valence-electron chi connectivity index (χ2n) is 8.48. The normalized spacial score (nSPS) is 15.4. The molecule has 0 unspecified atom stereocenters. The van der Waals surface area contributed by atoms with Gasteiger partial charge in [0.15, 0.2) is 0 Å². The fourth-order valence-electron chi connectivity index (χ4n) is 4.39. The second kappa shape index (κ2) is 10.2. The second-order valence-corrected chi connectivity index (χ2v) is 8.48. The lowest BCUT2D eigenvalue weighted by Crippen LogP contribution is -2.20. The fraction of sp³-hybridized carbons (Fsp3) is 0.480. The first kappa shape index (κ1) is 23.0. The maximum Gasteiger partial charge on any atom is 0.412 e. The Bertz CT molecular complexity index is 1120. The molecule has 1 amide bonds. The first-order chi connectivity index (χ1) is 16.0. The quantitative estimate of drug-likeness (QED) is 0.520. The van der Waals surface area contributed by atoms with E-state index >= 15 is 0 Å². The van der Waals surface area contributed by atoms with E-state index in [4.69, 9.17) is 19.2 Å². The van der Waals surface area contributed by atoms with E-state index in [0.29, 0.717) is 17.4 Å². The number of amides is 1. The number of ether oxygens (including phenoxy) is 3. The van der Waals surface area contributed by atoms with E-state index in [0.717, 1.165) is 67.2 Å². The molecular formula is C25H32N4O4. The van der Waals surface area contributed by atoms with Gasteiger partial charge < -0.3 is 14.2 Å². The van der Waals surface area contributed by atoms with Crippen LogP contribution in [0.5, 0.6) is 5.75 Å². The maximum atomic E-state index is 12.3. The first-order valence-electron chi connectivity index (χ1n) is 11.6. The van der Waals surface area contributed by atoms with Crippen molar-refractivity contribution in [2.24, 2.45) is 0 Å². The number of methoxy groups -OCH3 is 1. The Morgan fingerprint density at radius 3 is 2.85 bits per heavy atom. The van der Waals surface area contributed by atoms with Crippen molar-refractivity contribution >= 4 is 17.3 Å². The SMILES string of the molecule is CCC[C@H](C)OC(=O)Nc1ccc(-c2nc(C3CCOCC3)n3ccnc(C)c23)cc1OC. The topological polar surface area (TPSA) is 87.0 Å². The number of fused-ring (bicyclic) bond motifs is 1. The molecule has 1 N–H and O–H groups in total. The summed E-state index contributed by atoms with van der Waals surface area (Å²) in [6.07, 6.45) is 6.83. The average Bonchev–Trinajstić information content (AvgIpc) is 3.21. The molecule has 1 fully saturated rings. The van der Waals surface area contributed by atoms with Gasteiger partial charge in [0.25, 0.3) is 0 Å². The van der Waals surface area contributed by atoms with Gasteiger partial charge >= 0.3 is 6.09 Å². The minimum absolute atomic E-state index is 0.142. The highest BCUT2D eigenvalue weighted by Crippen LogP contribution is 2.36. The third kappa shape index (κ3) is 4.95. The Kier molecular flexibility index (Phi) is 7.13. The first-order valence-corrected chi connectivity index (χ1v) is 11.6. The Hall–Kier alpha value is -3.13. The number of rotatable bonds is 7. The van der Waals surface area contributed by atoms with E-state index in [1.54, 1.807) is 7.11 Å². The van der Waals surface area contributed by atoms with Gasteiger partial charge in [0.2, 0.25) is 0 Å². The molecule has 0 spiro atoms. The molecule has 3 aromatic rings. The van der Waals surface area contributed by atoms with Crippen LogP contribution in [0.1, 0.15) is 57.0 Å². The summed E-state index contributed by atoms with van der Waals surface area (Å²) in [6, 6.07) is 5.66. The number of nitrogens with one attached hydrogen (secondary N) is 1. The Balaban J connectivity index is 1.68. The zero-order valence-electron chi connectivity index (χ0n) is 19.8. The predicted octanol–water partition coefficient (Wildman–Crippen LogP) is 5.34. The molecule has 1 atom stereocenters. The van der Waals surface area contributed by atoms with Gasteiger partial charge in [-0.2, -0.15) is 0 Å². The molecule has 0 bridgehead atoms. The summed E-state index contributed by atoms with van der Waals surface area (Å²) in [7, 11) is 1.58. The van der Waals surface area contributed by atoms with Crippen LogP contribution in [0.2, 0.25) is 0 Å². The molecule has 4 rings (SSSR count). The van der Waals surface area contributed by atoms with Crippen LogP contribution in [0.4, 0.5) is 10.5 Å². The summed E-state index contributed by atoms with van der Waals surface area (Å²) >= 11 is 0. The number of carbonyl (C=O) groups is 1. The fourth-order valence-corrected chi connectivity index (χ4v) is 4.39. The van der Waals surface area contributed by atoms with Crippen molar-refractivity contribution in [1.82, 2.24) is 14.4 Å². The van der Waals surface area contributed by atoms with E-state index in [2.05, 4.69) is 21.6 Å². The highest BCUT2D eigenvalue weighted by Gasteiger charge is 2.24. The van der Waals surface area contributed by atoms with Crippen LogP contribution in [-0.4, -0.2) is 46.9 Å². The molecule has 8 heteroatoms. The molecule has 0 radical (unpaired) electrons. The molecular weight excluding hydrogens is 420 g/mol. The molecule has 1 aliphatic rings. The highest BCUT2D eigenvalue weighted by atomic mass is 16.6. The number of aromatic nitrogens is 3. The van der Waals surface area contributed by atoms with Gasteiger partial charge in [0.05, 0.1) is 29.7 Å². The molecule has 8 nitrogen and oxygen atoms in total. The van der Waals surface area contributed by atoms with Crippen molar-refractivity contribution in [3.05, 3.63) is 42.1 Å². The van der Waals surface area contributed by atoms with Crippen LogP contribution in [0.15, 0.2) is 30.6 Å². The minimum Gasteiger partial charge on any atom is -0.495 e. The van der Waals surface area contributed by atoms with Gasteiger partial charge in [0.1, 0.15) is 17.7 Å². The van der Waals surface area contributed by atoms with Crippen molar-refractivity contribution in [2.45, 2.75) is 58.5 Å². The molecule has 3 heterocycles. The molecule has 1 aromatic carbocycles. The molecule has 1 saturated heterocycles. The van der Waals surface area contributed by atoms with E-state index in [1.165, 1.54) is 0 Å². The monoisotopic (exact) mass is 452 g/mol. The summed E-state index contributed by atoms with van der Waals surface area (Å²) in [5.41, 5.74) is 4.20. The Labute approximate surface area is 194 Å². The molecule has 0 saturated carbocycles. The van der Waals surface area contributed by atoms with Crippen molar-refractivity contribution in [3.8, 4) is 17.0 Å². The van der Waals surface area contributed by atoms with Gasteiger partial charge in [-0.25, -0.2) is 9.78 Å². The number of anilines is 1. The molecule has 0 aliphatic carbocycles. The van der Waals surface area contributed by atoms with Gasteiger partial charge in [-0.05, 0) is 45.2 Å². The maximum absolute atomic E-state index is 12.3. The molecule has 1 aliphatic heterocycles. The zero-order valence-corrected chi connectivity index (χ0v) is 19.8. The summed E-state index contributed by atoms with van der Waals surface area (Å²) in [4.78, 5) is 21.9. The van der Waals surface area contributed by atoms with Crippen molar-refractivity contribution < 1.29 is 19.0 Å². The van der Waals surface area contributed by atoms with Gasteiger partial charge in [-0.15, -0.1) is 0 Å². The van der Waals surface area contributed by atoms with Crippen LogP contribution >= 0.6 is 0 Å². The largest absolute Gasteiger partial charge is 0.495 e. The van der Waals surface area contributed by atoms with Crippen LogP contribution in [0, 0.1) is 6.92 Å². The number of benzene rings is 1. The Morgan fingerprint density at radius 2 is 2.12 bits per heavy atom. The average molecular weight is 453 g/mol. The van der Waals surface area contributed by atoms with Crippen LogP contribution in [0.3, 0.4) is 0 Å². The van der Waals surface area contributed by atoms with Gasteiger partial charge in [-0.3, -0.25) is 14.7 Å². The lowest BCUT2D eigenvalue weighted by molar-refractivity contribution is 0.0835. The highest BCUT2D eigenvalue weighted by molar-refractivity contribution is 5.89. The summed E-state index contributed by atoms with van der Waals surface area (Å²) in [5, 5.41) is 2.80. The molecule has 176 valence electrons. The predicted molar refractivity (Wildman–Crippen MR) is 127 cm³/mol. The van der Waals surface area contributed by atoms with E-state index in [-0.39, 0.29) is 6.10 Å². The third-order valence-electron chi connectivity index (χ3n) is 6.07. The third-order valence-corrected chi connectivity index (χ3v) is 6.07. The number of carbonyl (C=O) groups excluding carboxylic acids is 1. The van der Waals surface area contributed by atoms with Gasteiger partial charge in [0, 0.05) is 37.1 Å². The van der Waals surface area contributed by atoms with E-state index in [1.807, 2.05) is 44.4 Å². The molecule has 2 aromatic heterocycles. The lowest BCUT2D eigenvalue weighted by Gasteiger charge is -2.20. The van der Waals surface area contributed by atoms with Crippen molar-refractivity contribution in [3.63, 3.8) is 0 Å². The van der Waals surface area contributed by atoms with Crippen molar-refractivity contribution in [2.75, 3.05) is 25.6 Å². The molecule has 33 heavy (non-hydrogen) atoms. The number of aryl methyl sites for hydroxylation is 1. The standard InChI is InChI=1S/C25H32N4O4/c1-5-6-16(2)33-25(30)27-20-8-7-19(15-21(20)31-4)22-23-17(3)26-11-12-29(23)24(28-22)18-9-13-32-14-10-18/h7-8,11-12,15-16,18H,5-6,9-10,13-14H2,1-4H3,(H,27,30)/t16-/m0/s1. The van der Waals surface area contributed by atoms with E-state index in [9.17, 15) is 4.79 Å². The van der Waals surface area contributed by atoms with Crippen LogP contribution < -0.4 is 10.1 Å². The van der Waals surface area contributed by atoms with Gasteiger partial charge in [-0.1, -0.05) is 19.4 Å². The summed E-state index contributed by atoms with van der Waals surface area (Å²) in [6.45, 7) is 7.44.